The number of fused-ring (bicyclic) bond motifs is 1. The maximum atomic E-state index is 12.6. The Morgan fingerprint density at radius 3 is 2.75 bits per heavy atom. The van der Waals surface area contributed by atoms with Gasteiger partial charge in [0.1, 0.15) is 11.9 Å². The molecule has 124 valence electrons. The Balaban J connectivity index is 1.88. The van der Waals surface area contributed by atoms with Crippen LogP contribution >= 0.6 is 0 Å². The van der Waals surface area contributed by atoms with E-state index in [1.807, 2.05) is 6.07 Å². The first kappa shape index (κ1) is 16.4. The van der Waals surface area contributed by atoms with Crippen molar-refractivity contribution in [2.75, 3.05) is 0 Å². The summed E-state index contributed by atoms with van der Waals surface area (Å²) >= 11 is 0. The number of allylic oxidation sites excluding steroid dienone is 3. The van der Waals surface area contributed by atoms with Crippen LogP contribution in [0.5, 0.6) is 0 Å². The van der Waals surface area contributed by atoms with Crippen molar-refractivity contribution in [3.8, 4) is 0 Å². The maximum absolute atomic E-state index is 12.6. The molecule has 24 heavy (non-hydrogen) atoms. The van der Waals surface area contributed by atoms with Crippen molar-refractivity contribution >= 4 is 17.5 Å². The van der Waals surface area contributed by atoms with E-state index < -0.39 is 17.5 Å². The van der Waals surface area contributed by atoms with Crippen molar-refractivity contribution in [1.29, 1.82) is 0 Å². The van der Waals surface area contributed by atoms with Crippen LogP contribution in [-0.2, 0) is 14.3 Å². The molecule has 0 aliphatic heterocycles. The molecule has 3 rings (SSSR count). The summed E-state index contributed by atoms with van der Waals surface area (Å²) in [6.07, 6.45) is 5.94. The average Bonchev–Trinajstić information content (AvgIpc) is 2.60. The molecular weight excluding hydrogens is 304 g/mol. The molecule has 4 heteroatoms. The molecule has 1 fully saturated rings. The van der Waals surface area contributed by atoms with E-state index in [1.165, 1.54) is 6.08 Å². The molecule has 1 aromatic carbocycles. The zero-order valence-electron chi connectivity index (χ0n) is 13.4. The van der Waals surface area contributed by atoms with Crippen LogP contribution in [0.4, 0.5) is 0 Å². The van der Waals surface area contributed by atoms with Gasteiger partial charge in [0.15, 0.2) is 5.78 Å². The number of esters is 1. The summed E-state index contributed by atoms with van der Waals surface area (Å²) in [5, 5.41) is 0. The largest absolute Gasteiger partial charge is 0.458 e. The van der Waals surface area contributed by atoms with E-state index in [0.29, 0.717) is 24.8 Å². The van der Waals surface area contributed by atoms with Gasteiger partial charge in [0.2, 0.25) is 0 Å². The van der Waals surface area contributed by atoms with E-state index in [-0.39, 0.29) is 23.9 Å². The Hall–Kier alpha value is -2.49. The van der Waals surface area contributed by atoms with Crippen LogP contribution in [0.15, 0.2) is 55.1 Å². The third-order valence-electron chi connectivity index (χ3n) is 5.02. The van der Waals surface area contributed by atoms with Gasteiger partial charge in [-0.3, -0.25) is 9.59 Å². The number of carbonyl (C=O) groups is 3. The molecule has 1 saturated carbocycles. The molecule has 0 N–H and O–H groups in total. The normalized spacial score (nSPS) is 29.0. The minimum absolute atomic E-state index is 0.0323. The Bertz CT molecular complexity index is 704. The van der Waals surface area contributed by atoms with E-state index in [9.17, 15) is 14.4 Å². The lowest BCUT2D eigenvalue weighted by Crippen LogP contribution is -2.50. The number of benzene rings is 1. The van der Waals surface area contributed by atoms with Gasteiger partial charge in [-0.05, 0) is 31.1 Å². The summed E-state index contributed by atoms with van der Waals surface area (Å²) in [5.74, 6) is -0.662. The van der Waals surface area contributed by atoms with Crippen LogP contribution in [-0.4, -0.2) is 23.6 Å². The molecule has 0 saturated heterocycles. The molecule has 0 unspecified atom stereocenters. The molecule has 4 nitrogen and oxygen atoms in total. The summed E-state index contributed by atoms with van der Waals surface area (Å²) < 4.78 is 5.70. The highest BCUT2D eigenvalue weighted by molar-refractivity contribution is 5.97. The first-order valence-corrected chi connectivity index (χ1v) is 8.19. The number of Topliss-reactive ketones (excluding diaryl/α,β-unsaturated/α-hetero) is 1. The standard InChI is InChI=1S/C20H20O4/c1-2-11-20-12-10-15(21)13-16(20)17(8-9-18(20)22)24-19(23)14-6-4-3-5-7-14/h2-7,10,12,16-17H,1,8-9,11,13H2/t16-,17+,20-/m1/s1. The van der Waals surface area contributed by atoms with Crippen LogP contribution in [0.3, 0.4) is 0 Å². The van der Waals surface area contributed by atoms with E-state index >= 15 is 0 Å². The van der Waals surface area contributed by atoms with Gasteiger partial charge < -0.3 is 4.74 Å². The topological polar surface area (TPSA) is 60.4 Å². The second kappa shape index (κ2) is 6.56. The van der Waals surface area contributed by atoms with Gasteiger partial charge in [0.05, 0.1) is 11.0 Å². The lowest BCUT2D eigenvalue weighted by Gasteiger charge is -2.45. The van der Waals surface area contributed by atoms with Crippen LogP contribution in [0.25, 0.3) is 0 Å². The van der Waals surface area contributed by atoms with Crippen molar-refractivity contribution in [2.24, 2.45) is 11.3 Å². The van der Waals surface area contributed by atoms with Crippen LogP contribution in [0, 0.1) is 11.3 Å². The van der Waals surface area contributed by atoms with Gasteiger partial charge in [0, 0.05) is 18.8 Å². The summed E-state index contributed by atoms with van der Waals surface area (Å²) in [6, 6.07) is 8.76. The second-order valence-corrected chi connectivity index (χ2v) is 6.42. The second-order valence-electron chi connectivity index (χ2n) is 6.42. The minimum atomic E-state index is -0.768. The molecule has 2 aliphatic carbocycles. The number of ether oxygens (including phenoxy) is 1. The highest BCUT2D eigenvalue weighted by atomic mass is 16.5. The third-order valence-corrected chi connectivity index (χ3v) is 5.02. The van der Waals surface area contributed by atoms with Gasteiger partial charge >= 0.3 is 5.97 Å². The fraction of sp³-hybridized carbons (Fsp3) is 0.350. The third kappa shape index (κ3) is 2.84. The molecule has 2 aliphatic rings. The zero-order valence-corrected chi connectivity index (χ0v) is 13.4. The van der Waals surface area contributed by atoms with Crippen LogP contribution in [0.2, 0.25) is 0 Å². The predicted molar refractivity (Wildman–Crippen MR) is 89.4 cm³/mol. The monoisotopic (exact) mass is 324 g/mol. The number of rotatable bonds is 4. The van der Waals surface area contributed by atoms with Gasteiger partial charge in [-0.1, -0.05) is 30.4 Å². The molecule has 0 aromatic heterocycles. The molecule has 0 heterocycles. The molecule has 0 amide bonds. The highest BCUT2D eigenvalue weighted by Crippen LogP contribution is 2.48. The van der Waals surface area contributed by atoms with Gasteiger partial charge in [-0.2, -0.15) is 0 Å². The van der Waals surface area contributed by atoms with Gasteiger partial charge in [-0.15, -0.1) is 6.58 Å². The number of carbonyl (C=O) groups excluding carboxylic acids is 3. The smallest absolute Gasteiger partial charge is 0.338 e. The van der Waals surface area contributed by atoms with Crippen molar-refractivity contribution in [3.05, 3.63) is 60.7 Å². The van der Waals surface area contributed by atoms with Crippen LogP contribution in [0.1, 0.15) is 36.0 Å². The summed E-state index contributed by atoms with van der Waals surface area (Å²) in [7, 11) is 0. The lowest BCUT2D eigenvalue weighted by atomic mass is 9.59. The SMILES string of the molecule is C=CC[C@@]12C=CC(=O)C[C@@H]1[C@@H](OC(=O)c1ccccc1)CCC2=O. The number of ketones is 2. The molecule has 0 bridgehead atoms. The van der Waals surface area contributed by atoms with Gasteiger partial charge in [-0.25, -0.2) is 4.79 Å². The quantitative estimate of drug-likeness (QED) is 0.630. The van der Waals surface area contributed by atoms with Crippen molar-refractivity contribution < 1.29 is 19.1 Å². The summed E-state index contributed by atoms with van der Waals surface area (Å²) in [6.45, 7) is 3.75. The molecule has 3 atom stereocenters. The first-order valence-electron chi connectivity index (χ1n) is 8.19. The first-order chi connectivity index (χ1) is 11.6. The molecule has 1 aromatic rings. The zero-order chi connectivity index (χ0) is 17.2. The fourth-order valence-corrected chi connectivity index (χ4v) is 3.80. The van der Waals surface area contributed by atoms with E-state index in [2.05, 4.69) is 6.58 Å². The van der Waals surface area contributed by atoms with E-state index in [0.717, 1.165) is 0 Å². The number of hydrogen-bond donors (Lipinski definition) is 0. The fourth-order valence-electron chi connectivity index (χ4n) is 3.80. The summed E-state index contributed by atoms with van der Waals surface area (Å²) in [5.41, 5.74) is -0.295. The van der Waals surface area contributed by atoms with Crippen molar-refractivity contribution in [2.45, 2.75) is 31.8 Å². The summed E-state index contributed by atoms with van der Waals surface area (Å²) in [4.78, 5) is 36.9. The van der Waals surface area contributed by atoms with Crippen LogP contribution < -0.4 is 0 Å². The Labute approximate surface area is 141 Å². The molecule has 0 spiro atoms. The van der Waals surface area contributed by atoms with Crippen molar-refractivity contribution in [1.82, 2.24) is 0 Å². The highest BCUT2D eigenvalue weighted by Gasteiger charge is 2.52. The Morgan fingerprint density at radius 1 is 1.29 bits per heavy atom. The molecule has 0 radical (unpaired) electrons. The number of hydrogen-bond acceptors (Lipinski definition) is 4. The lowest BCUT2D eigenvalue weighted by molar-refractivity contribution is -0.140. The Kier molecular flexibility index (Phi) is 4.47. The minimum Gasteiger partial charge on any atom is -0.458 e. The average molecular weight is 324 g/mol. The van der Waals surface area contributed by atoms with E-state index in [1.54, 1.807) is 36.4 Å². The van der Waals surface area contributed by atoms with Crippen molar-refractivity contribution in [3.63, 3.8) is 0 Å². The van der Waals surface area contributed by atoms with E-state index in [4.69, 9.17) is 4.74 Å². The van der Waals surface area contributed by atoms with Gasteiger partial charge in [0.25, 0.3) is 0 Å². The maximum Gasteiger partial charge on any atom is 0.338 e. The molecular formula is C20H20O4. The Morgan fingerprint density at radius 2 is 2.04 bits per heavy atom. The predicted octanol–water partition coefficient (Wildman–Crippen LogP) is 3.28.